The van der Waals surface area contributed by atoms with Gasteiger partial charge in [0.05, 0.1) is 26.1 Å². The molecule has 0 bridgehead atoms. The molecule has 0 aliphatic carbocycles. The van der Waals surface area contributed by atoms with Crippen LogP contribution in [0.25, 0.3) is 11.2 Å². The van der Waals surface area contributed by atoms with Gasteiger partial charge in [0, 0.05) is 13.1 Å². The first-order valence-electron chi connectivity index (χ1n) is 8.63. The molecule has 2 fully saturated rings. The highest BCUT2D eigenvalue weighted by Gasteiger charge is 2.45. The summed E-state index contributed by atoms with van der Waals surface area (Å²) in [6.45, 7) is 0.792. The van der Waals surface area contributed by atoms with Gasteiger partial charge in [-0.05, 0) is 0 Å². The lowest BCUT2D eigenvalue weighted by Gasteiger charge is -2.30. The Morgan fingerprint density at radius 2 is 2.00 bits per heavy atom. The molecule has 1 unspecified atom stereocenters. The molecule has 0 saturated carbocycles. The van der Waals surface area contributed by atoms with Crippen molar-refractivity contribution in [3.8, 4) is 0 Å². The molecule has 13 nitrogen and oxygen atoms in total. The number of imidazole rings is 1. The van der Waals surface area contributed by atoms with Gasteiger partial charge in [-0.3, -0.25) is 9.09 Å². The van der Waals surface area contributed by atoms with Gasteiger partial charge in [-0.25, -0.2) is 24.2 Å². The first-order chi connectivity index (χ1) is 13.4. The van der Waals surface area contributed by atoms with Gasteiger partial charge in [-0.15, -0.1) is 0 Å². The van der Waals surface area contributed by atoms with Crippen LogP contribution >= 0.6 is 7.75 Å². The summed E-state index contributed by atoms with van der Waals surface area (Å²) in [5.41, 5.74) is 6.41. The first-order valence-corrected chi connectivity index (χ1v) is 10.2. The van der Waals surface area contributed by atoms with Gasteiger partial charge >= 0.3 is 7.75 Å². The van der Waals surface area contributed by atoms with E-state index in [4.69, 9.17) is 19.7 Å². The topological polar surface area (TPSA) is 178 Å². The Balaban J connectivity index is 1.47. The van der Waals surface area contributed by atoms with Gasteiger partial charge in [0.25, 0.3) is 0 Å². The monoisotopic (exact) mass is 416 g/mol. The Kier molecular flexibility index (Phi) is 5.33. The van der Waals surface area contributed by atoms with Gasteiger partial charge in [0.2, 0.25) is 0 Å². The fourth-order valence-corrected chi connectivity index (χ4v) is 4.38. The van der Waals surface area contributed by atoms with Crippen LogP contribution in [0.3, 0.4) is 0 Å². The normalized spacial score (nSPS) is 31.2. The third kappa shape index (κ3) is 3.51. The van der Waals surface area contributed by atoms with Gasteiger partial charge < -0.3 is 30.3 Å². The highest BCUT2D eigenvalue weighted by Crippen LogP contribution is 2.47. The number of aliphatic hydroxyl groups excluding tert-OH is 2. The van der Waals surface area contributed by atoms with Crippen LogP contribution in [0, 0.1) is 0 Å². The lowest BCUT2D eigenvalue weighted by Crippen LogP contribution is -2.36. The second-order valence-corrected chi connectivity index (χ2v) is 8.29. The van der Waals surface area contributed by atoms with Crippen molar-refractivity contribution in [1.29, 1.82) is 0 Å². The second kappa shape index (κ2) is 7.61. The van der Waals surface area contributed by atoms with E-state index in [0.29, 0.717) is 24.4 Å². The van der Waals surface area contributed by atoms with Crippen LogP contribution in [-0.4, -0.2) is 90.5 Å². The molecule has 2 aromatic rings. The minimum absolute atomic E-state index is 0.170. The Hall–Kier alpha value is -1.70. The molecule has 0 radical (unpaired) electrons. The number of fused-ring (bicyclic) bond motifs is 1. The minimum atomic E-state index is -4.07. The van der Waals surface area contributed by atoms with Crippen molar-refractivity contribution < 1.29 is 33.7 Å². The summed E-state index contributed by atoms with van der Waals surface area (Å²) in [7, 11) is -4.07. The number of anilines is 1. The number of hydrogen-bond donors (Lipinski definition) is 4. The van der Waals surface area contributed by atoms with Gasteiger partial charge in [-0.2, -0.15) is 0 Å². The van der Waals surface area contributed by atoms with Crippen LogP contribution in [0.15, 0.2) is 12.7 Å². The quantitative estimate of drug-likeness (QED) is 0.414. The minimum Gasteiger partial charge on any atom is -0.387 e. The molecule has 4 rings (SSSR count). The third-order valence-electron chi connectivity index (χ3n) is 4.75. The molecule has 0 aromatic carbocycles. The zero-order chi connectivity index (χ0) is 19.9. The van der Waals surface area contributed by atoms with Crippen molar-refractivity contribution in [2.75, 3.05) is 38.6 Å². The van der Waals surface area contributed by atoms with Crippen LogP contribution in [0.1, 0.15) is 6.23 Å². The van der Waals surface area contributed by atoms with Crippen LogP contribution in [0.2, 0.25) is 0 Å². The molecule has 5 atom stereocenters. The summed E-state index contributed by atoms with van der Waals surface area (Å²) in [5.74, 6) is 0.170. The van der Waals surface area contributed by atoms with Crippen molar-refractivity contribution in [1.82, 2.24) is 24.2 Å². The lowest BCUT2D eigenvalue weighted by atomic mass is 10.1. The molecule has 2 saturated heterocycles. The van der Waals surface area contributed by atoms with Crippen LogP contribution in [0.4, 0.5) is 5.82 Å². The maximum Gasteiger partial charge on any atom is 0.405 e. The fourth-order valence-electron chi connectivity index (χ4n) is 3.21. The summed E-state index contributed by atoms with van der Waals surface area (Å²) in [6.07, 6.45) is -2.11. The number of rotatable bonds is 5. The van der Waals surface area contributed by atoms with E-state index in [-0.39, 0.29) is 25.5 Å². The van der Waals surface area contributed by atoms with E-state index >= 15 is 0 Å². The molecule has 0 spiro atoms. The summed E-state index contributed by atoms with van der Waals surface area (Å²) >= 11 is 0. The number of ether oxygens (including phenoxy) is 2. The third-order valence-corrected chi connectivity index (χ3v) is 6.35. The Labute approximate surface area is 159 Å². The molecule has 2 aliphatic rings. The van der Waals surface area contributed by atoms with E-state index in [1.807, 2.05) is 0 Å². The Bertz CT molecular complexity index is 890. The first kappa shape index (κ1) is 19.6. The van der Waals surface area contributed by atoms with E-state index in [2.05, 4.69) is 15.0 Å². The standard InChI is InChI=1S/C14H21N6O7P/c15-12-9-13(17-6-16-12)20(7-18-9)14-11(22)10(21)8(27-14)5-26-28(23,24)19-1-3-25-4-2-19/h6-8,10-11,14,21-22H,1-5H2,(H,23,24)(H2,15,16,17)/t8-,10-,11-,14-/m1/s1. The second-order valence-electron chi connectivity index (χ2n) is 6.48. The van der Waals surface area contributed by atoms with Crippen LogP contribution in [0.5, 0.6) is 0 Å². The summed E-state index contributed by atoms with van der Waals surface area (Å²) in [5, 5.41) is 20.7. The van der Waals surface area contributed by atoms with Crippen LogP contribution in [-0.2, 0) is 18.6 Å². The van der Waals surface area contributed by atoms with E-state index in [0.717, 1.165) is 0 Å². The Morgan fingerprint density at radius 1 is 1.25 bits per heavy atom. The van der Waals surface area contributed by atoms with Crippen molar-refractivity contribution in [3.05, 3.63) is 12.7 Å². The SMILES string of the molecule is Nc1ncnc2c1ncn2[C@@H]1O[C@H](COP(=O)(O)N2CCOCC2)[C@@H](O)[C@H]1O. The molecule has 2 aliphatic heterocycles. The fraction of sp³-hybridized carbons (Fsp3) is 0.643. The summed E-state index contributed by atoms with van der Waals surface area (Å²) < 4.78 is 31.1. The van der Waals surface area contributed by atoms with E-state index in [1.54, 1.807) is 0 Å². The average molecular weight is 416 g/mol. The van der Waals surface area contributed by atoms with Crippen molar-refractivity contribution in [3.63, 3.8) is 0 Å². The Morgan fingerprint density at radius 3 is 2.75 bits per heavy atom. The maximum absolute atomic E-state index is 12.4. The number of nitrogens with zero attached hydrogens (tertiary/aromatic N) is 5. The molecule has 0 amide bonds. The molecule has 28 heavy (non-hydrogen) atoms. The van der Waals surface area contributed by atoms with Gasteiger partial charge in [0.1, 0.15) is 30.2 Å². The van der Waals surface area contributed by atoms with Gasteiger partial charge in [0.15, 0.2) is 17.7 Å². The van der Waals surface area contributed by atoms with Crippen LogP contribution < -0.4 is 5.73 Å². The molecule has 14 heteroatoms. The number of aromatic nitrogens is 4. The summed E-state index contributed by atoms with van der Waals surface area (Å²) in [4.78, 5) is 22.2. The van der Waals surface area contributed by atoms with Crippen molar-refractivity contribution in [2.45, 2.75) is 24.5 Å². The zero-order valence-electron chi connectivity index (χ0n) is 14.7. The number of nitrogen functional groups attached to an aromatic ring is 1. The van der Waals surface area contributed by atoms with Crippen molar-refractivity contribution >= 4 is 24.7 Å². The smallest absolute Gasteiger partial charge is 0.387 e. The van der Waals surface area contributed by atoms with Crippen molar-refractivity contribution in [2.24, 2.45) is 0 Å². The molecule has 154 valence electrons. The van der Waals surface area contributed by atoms with E-state index < -0.39 is 32.3 Å². The van der Waals surface area contributed by atoms with Gasteiger partial charge in [-0.1, -0.05) is 0 Å². The van der Waals surface area contributed by atoms with E-state index in [9.17, 15) is 19.7 Å². The highest BCUT2D eigenvalue weighted by atomic mass is 31.2. The number of hydrogen-bond acceptors (Lipinski definition) is 10. The molecular weight excluding hydrogens is 395 g/mol. The number of morpholine rings is 1. The largest absolute Gasteiger partial charge is 0.405 e. The summed E-state index contributed by atoms with van der Waals surface area (Å²) in [6, 6.07) is 0. The predicted molar refractivity (Wildman–Crippen MR) is 93.8 cm³/mol. The molecule has 2 aromatic heterocycles. The average Bonchev–Trinajstić information content (AvgIpc) is 3.24. The zero-order valence-corrected chi connectivity index (χ0v) is 15.6. The van der Waals surface area contributed by atoms with E-state index in [1.165, 1.54) is 21.9 Å². The molecule has 5 N–H and O–H groups in total. The predicted octanol–water partition coefficient (Wildman–Crippen LogP) is -1.52. The highest BCUT2D eigenvalue weighted by molar-refractivity contribution is 7.50. The maximum atomic E-state index is 12.4. The molecular formula is C14H21N6O7P. The molecule has 4 heterocycles. The number of aliphatic hydroxyl groups is 2. The lowest BCUT2D eigenvalue weighted by molar-refractivity contribution is -0.0507. The number of nitrogens with two attached hydrogens (primary N) is 1.